The first-order valence-corrected chi connectivity index (χ1v) is 6.38. The molecule has 1 aliphatic heterocycles. The van der Waals surface area contributed by atoms with Gasteiger partial charge in [-0.3, -0.25) is 0 Å². The summed E-state index contributed by atoms with van der Waals surface area (Å²) in [5.41, 5.74) is 0. The van der Waals surface area contributed by atoms with Gasteiger partial charge in [0.25, 0.3) is 0 Å². The minimum absolute atomic E-state index is 0.211. The van der Waals surface area contributed by atoms with Crippen LogP contribution in [0.25, 0.3) is 0 Å². The monoisotopic (exact) mass is 305 g/mol. The molecule has 1 fully saturated rings. The SMILES string of the molecule is CC1CN(c2ncnc(Cl)c2Br)CCCO1. The van der Waals surface area contributed by atoms with E-state index in [9.17, 15) is 0 Å². The fraction of sp³-hybridized carbons (Fsp3) is 0.600. The molecular formula is C10H13BrClN3O. The maximum atomic E-state index is 5.95. The topological polar surface area (TPSA) is 38.2 Å². The third-order valence-corrected chi connectivity index (χ3v) is 3.73. The molecule has 0 amide bonds. The zero-order valence-electron chi connectivity index (χ0n) is 8.99. The Kier molecular flexibility index (Phi) is 4.00. The minimum Gasteiger partial charge on any atom is -0.377 e. The number of halogens is 2. The zero-order valence-corrected chi connectivity index (χ0v) is 11.3. The largest absolute Gasteiger partial charge is 0.377 e. The van der Waals surface area contributed by atoms with Crippen molar-refractivity contribution in [1.82, 2.24) is 9.97 Å². The van der Waals surface area contributed by atoms with E-state index in [1.807, 2.05) is 0 Å². The predicted octanol–water partition coefficient (Wildman–Crippen LogP) is 2.51. The molecule has 1 saturated heterocycles. The van der Waals surface area contributed by atoms with Crippen LogP contribution in [0.2, 0.25) is 5.15 Å². The molecular weight excluding hydrogens is 293 g/mol. The zero-order chi connectivity index (χ0) is 11.5. The number of nitrogens with zero attached hydrogens (tertiary/aromatic N) is 3. The van der Waals surface area contributed by atoms with E-state index in [4.69, 9.17) is 16.3 Å². The quantitative estimate of drug-likeness (QED) is 0.747. The van der Waals surface area contributed by atoms with E-state index in [-0.39, 0.29) is 6.10 Å². The molecule has 1 aromatic heterocycles. The Morgan fingerprint density at radius 3 is 3.19 bits per heavy atom. The maximum absolute atomic E-state index is 5.95. The summed E-state index contributed by atoms with van der Waals surface area (Å²) < 4.78 is 6.35. The smallest absolute Gasteiger partial charge is 0.148 e. The fourth-order valence-electron chi connectivity index (χ4n) is 1.75. The lowest BCUT2D eigenvalue weighted by molar-refractivity contribution is 0.0820. The van der Waals surface area contributed by atoms with Gasteiger partial charge in [0, 0.05) is 19.7 Å². The summed E-state index contributed by atoms with van der Waals surface area (Å²) in [4.78, 5) is 10.4. The summed E-state index contributed by atoms with van der Waals surface area (Å²) in [6.45, 7) is 4.62. The van der Waals surface area contributed by atoms with Crippen LogP contribution in [-0.2, 0) is 4.74 Å². The first-order valence-electron chi connectivity index (χ1n) is 5.21. The minimum atomic E-state index is 0.211. The molecule has 1 atom stereocenters. The molecule has 16 heavy (non-hydrogen) atoms. The van der Waals surface area contributed by atoms with E-state index in [0.29, 0.717) is 5.15 Å². The van der Waals surface area contributed by atoms with Crippen molar-refractivity contribution in [3.63, 3.8) is 0 Å². The van der Waals surface area contributed by atoms with Crippen molar-refractivity contribution in [1.29, 1.82) is 0 Å². The first-order chi connectivity index (χ1) is 7.68. The van der Waals surface area contributed by atoms with Crippen molar-refractivity contribution in [2.75, 3.05) is 24.6 Å². The van der Waals surface area contributed by atoms with E-state index in [2.05, 4.69) is 37.7 Å². The van der Waals surface area contributed by atoms with Crippen LogP contribution in [0, 0.1) is 0 Å². The molecule has 4 nitrogen and oxygen atoms in total. The van der Waals surface area contributed by atoms with Crippen molar-refractivity contribution in [2.45, 2.75) is 19.4 Å². The van der Waals surface area contributed by atoms with Crippen LogP contribution >= 0.6 is 27.5 Å². The molecule has 2 heterocycles. The normalized spacial score (nSPS) is 21.9. The standard InChI is InChI=1S/C10H13BrClN3O/c1-7-5-15(3-2-4-16-7)10-8(11)9(12)13-6-14-10/h6-7H,2-5H2,1H3. The molecule has 0 saturated carbocycles. The Balaban J connectivity index is 2.24. The van der Waals surface area contributed by atoms with Gasteiger partial charge in [0.05, 0.1) is 10.6 Å². The van der Waals surface area contributed by atoms with Crippen LogP contribution in [0.15, 0.2) is 10.8 Å². The molecule has 0 N–H and O–H groups in total. The highest BCUT2D eigenvalue weighted by Gasteiger charge is 2.19. The Bertz CT molecular complexity index is 377. The fourth-order valence-corrected chi connectivity index (χ4v) is 2.33. The van der Waals surface area contributed by atoms with Crippen LogP contribution in [0.3, 0.4) is 0 Å². The van der Waals surface area contributed by atoms with Gasteiger partial charge in [-0.05, 0) is 29.3 Å². The molecule has 1 aliphatic rings. The van der Waals surface area contributed by atoms with Crippen LogP contribution in [0.1, 0.15) is 13.3 Å². The number of hydrogen-bond acceptors (Lipinski definition) is 4. The van der Waals surface area contributed by atoms with Crippen molar-refractivity contribution >= 4 is 33.3 Å². The van der Waals surface area contributed by atoms with Gasteiger partial charge in [-0.2, -0.15) is 0 Å². The molecule has 0 spiro atoms. The van der Waals surface area contributed by atoms with Crippen molar-refractivity contribution in [3.8, 4) is 0 Å². The summed E-state index contributed by atoms with van der Waals surface area (Å²) in [5.74, 6) is 0.845. The van der Waals surface area contributed by atoms with Gasteiger partial charge in [-0.15, -0.1) is 0 Å². The Labute approximate surface area is 108 Å². The summed E-state index contributed by atoms with van der Waals surface area (Å²) in [7, 11) is 0. The van der Waals surface area contributed by atoms with E-state index in [1.54, 1.807) is 0 Å². The van der Waals surface area contributed by atoms with E-state index in [0.717, 1.165) is 36.4 Å². The van der Waals surface area contributed by atoms with E-state index >= 15 is 0 Å². The van der Waals surface area contributed by atoms with Crippen LogP contribution in [0.5, 0.6) is 0 Å². The Hall–Kier alpha value is -0.390. The van der Waals surface area contributed by atoms with E-state index < -0.39 is 0 Å². The number of hydrogen-bond donors (Lipinski definition) is 0. The second-order valence-corrected chi connectivity index (χ2v) is 4.93. The van der Waals surface area contributed by atoms with Gasteiger partial charge in [-0.1, -0.05) is 11.6 Å². The predicted molar refractivity (Wildman–Crippen MR) is 67.0 cm³/mol. The molecule has 0 aliphatic carbocycles. The lowest BCUT2D eigenvalue weighted by atomic mass is 10.3. The van der Waals surface area contributed by atoms with Crippen molar-refractivity contribution in [3.05, 3.63) is 16.0 Å². The van der Waals surface area contributed by atoms with Gasteiger partial charge in [-0.25, -0.2) is 9.97 Å². The first kappa shape index (κ1) is 12.1. The lowest BCUT2D eigenvalue weighted by Gasteiger charge is -2.24. The number of anilines is 1. The third kappa shape index (κ3) is 2.64. The summed E-state index contributed by atoms with van der Waals surface area (Å²) in [6.07, 6.45) is 2.69. The van der Waals surface area contributed by atoms with Gasteiger partial charge >= 0.3 is 0 Å². The van der Waals surface area contributed by atoms with Crippen LogP contribution in [0.4, 0.5) is 5.82 Å². The maximum Gasteiger partial charge on any atom is 0.148 e. The highest BCUT2D eigenvalue weighted by Crippen LogP contribution is 2.29. The lowest BCUT2D eigenvalue weighted by Crippen LogP contribution is -2.31. The molecule has 0 bridgehead atoms. The van der Waals surface area contributed by atoms with Gasteiger partial charge < -0.3 is 9.64 Å². The molecule has 0 aromatic carbocycles. The summed E-state index contributed by atoms with van der Waals surface area (Å²) in [6, 6.07) is 0. The number of aromatic nitrogens is 2. The molecule has 1 aromatic rings. The number of rotatable bonds is 1. The third-order valence-electron chi connectivity index (χ3n) is 2.48. The summed E-state index contributed by atoms with van der Waals surface area (Å²) in [5, 5.41) is 0.447. The molecule has 2 rings (SSSR count). The van der Waals surface area contributed by atoms with Gasteiger partial charge in [0.1, 0.15) is 17.3 Å². The van der Waals surface area contributed by atoms with Crippen LogP contribution < -0.4 is 4.90 Å². The molecule has 6 heteroatoms. The average molecular weight is 307 g/mol. The highest BCUT2D eigenvalue weighted by molar-refractivity contribution is 9.10. The van der Waals surface area contributed by atoms with E-state index in [1.165, 1.54) is 6.33 Å². The Morgan fingerprint density at radius 2 is 2.38 bits per heavy atom. The van der Waals surface area contributed by atoms with Crippen molar-refractivity contribution in [2.24, 2.45) is 0 Å². The highest BCUT2D eigenvalue weighted by atomic mass is 79.9. The van der Waals surface area contributed by atoms with Crippen molar-refractivity contribution < 1.29 is 4.74 Å². The second kappa shape index (κ2) is 5.29. The van der Waals surface area contributed by atoms with Gasteiger partial charge in [0.2, 0.25) is 0 Å². The molecule has 0 radical (unpaired) electrons. The Morgan fingerprint density at radius 1 is 1.56 bits per heavy atom. The average Bonchev–Trinajstić information content (AvgIpc) is 2.47. The molecule has 1 unspecified atom stereocenters. The molecule has 88 valence electrons. The summed E-state index contributed by atoms with van der Waals surface area (Å²) >= 11 is 9.38. The van der Waals surface area contributed by atoms with Gasteiger partial charge in [0.15, 0.2) is 0 Å². The second-order valence-electron chi connectivity index (χ2n) is 3.78. The number of ether oxygens (including phenoxy) is 1. The van der Waals surface area contributed by atoms with Crippen LogP contribution in [-0.4, -0.2) is 35.8 Å².